The fourth-order valence-electron chi connectivity index (χ4n) is 1.44. The van der Waals surface area contributed by atoms with Crippen molar-refractivity contribution in [1.29, 1.82) is 0 Å². The molecule has 0 fully saturated rings. The lowest BCUT2D eigenvalue weighted by atomic mass is 10.1. The topological polar surface area (TPSA) is 24.1 Å². The summed E-state index contributed by atoms with van der Waals surface area (Å²) in [6.45, 7) is 5.38. The van der Waals surface area contributed by atoms with Crippen LogP contribution in [-0.4, -0.2) is 26.2 Å². The summed E-state index contributed by atoms with van der Waals surface area (Å²) < 4.78 is 26.1. The van der Waals surface area contributed by atoms with Crippen LogP contribution in [0.4, 0.5) is 8.78 Å². The molecule has 0 heterocycles. The Balaban J connectivity index is 2.24. The summed E-state index contributed by atoms with van der Waals surface area (Å²) in [5.41, 5.74) is 0.427. The van der Waals surface area contributed by atoms with Crippen molar-refractivity contribution in [1.82, 2.24) is 10.6 Å². The monoisotopic (exact) mass is 228 g/mol. The van der Waals surface area contributed by atoms with Crippen LogP contribution < -0.4 is 10.6 Å². The first-order valence-corrected chi connectivity index (χ1v) is 5.60. The van der Waals surface area contributed by atoms with E-state index in [0.29, 0.717) is 18.5 Å². The first kappa shape index (κ1) is 13.1. The van der Waals surface area contributed by atoms with Crippen molar-refractivity contribution >= 4 is 0 Å². The van der Waals surface area contributed by atoms with Crippen molar-refractivity contribution in [3.05, 3.63) is 35.4 Å². The highest BCUT2D eigenvalue weighted by atomic mass is 19.2. The molecular weight excluding hydrogens is 210 g/mol. The molecule has 1 aromatic rings. The van der Waals surface area contributed by atoms with Crippen LogP contribution >= 0.6 is 0 Å². The third kappa shape index (κ3) is 4.24. The molecule has 0 amide bonds. The summed E-state index contributed by atoms with van der Waals surface area (Å²) in [4.78, 5) is 0. The van der Waals surface area contributed by atoms with E-state index >= 15 is 0 Å². The number of benzene rings is 1. The van der Waals surface area contributed by atoms with Gasteiger partial charge in [-0.1, -0.05) is 19.1 Å². The first-order valence-electron chi connectivity index (χ1n) is 5.60. The minimum Gasteiger partial charge on any atom is -0.316 e. The molecule has 0 saturated carbocycles. The van der Waals surface area contributed by atoms with Crippen molar-refractivity contribution in [2.24, 2.45) is 0 Å². The molecule has 16 heavy (non-hydrogen) atoms. The number of likely N-dealkylation sites (N-methyl/N-ethyl adjacent to an activating group) is 1. The highest BCUT2D eigenvalue weighted by Crippen LogP contribution is 2.11. The predicted octanol–water partition coefficient (Wildman–Crippen LogP) is 1.71. The minimum atomic E-state index is -0.773. The number of rotatable bonds is 7. The Morgan fingerprint density at radius 1 is 1.06 bits per heavy atom. The Bertz CT molecular complexity index is 316. The summed E-state index contributed by atoms with van der Waals surface area (Å²) in [7, 11) is 0. The molecule has 4 heteroatoms. The van der Waals surface area contributed by atoms with Gasteiger partial charge in [0.25, 0.3) is 0 Å². The van der Waals surface area contributed by atoms with E-state index in [1.807, 2.05) is 6.92 Å². The molecule has 90 valence electrons. The summed E-state index contributed by atoms with van der Waals surface area (Å²) >= 11 is 0. The van der Waals surface area contributed by atoms with Gasteiger partial charge in [0, 0.05) is 13.1 Å². The molecule has 1 aromatic carbocycles. The second kappa shape index (κ2) is 7.30. The maximum absolute atomic E-state index is 13.2. The van der Waals surface area contributed by atoms with Crippen molar-refractivity contribution in [3.63, 3.8) is 0 Å². The van der Waals surface area contributed by atoms with Gasteiger partial charge in [-0.2, -0.15) is 0 Å². The lowest BCUT2D eigenvalue weighted by Gasteiger charge is -2.06. The van der Waals surface area contributed by atoms with Gasteiger partial charge in [-0.05, 0) is 31.1 Å². The van der Waals surface area contributed by atoms with Gasteiger partial charge in [0.1, 0.15) is 0 Å². The fraction of sp³-hybridized carbons (Fsp3) is 0.500. The summed E-state index contributed by atoms with van der Waals surface area (Å²) in [6, 6.07) is 4.29. The van der Waals surface area contributed by atoms with Gasteiger partial charge < -0.3 is 10.6 Å². The van der Waals surface area contributed by atoms with E-state index in [1.165, 1.54) is 6.07 Å². The second-order valence-electron chi connectivity index (χ2n) is 3.57. The van der Waals surface area contributed by atoms with Crippen LogP contribution in [0.5, 0.6) is 0 Å². The SMILES string of the molecule is CCNCCNCCc1cccc(F)c1F. The molecule has 0 aliphatic rings. The second-order valence-corrected chi connectivity index (χ2v) is 3.57. The molecule has 0 aliphatic carbocycles. The molecular formula is C12H18F2N2. The first-order chi connectivity index (χ1) is 7.75. The molecule has 0 bridgehead atoms. The Hall–Kier alpha value is -1.00. The minimum absolute atomic E-state index is 0.427. The van der Waals surface area contributed by atoms with E-state index in [4.69, 9.17) is 0 Å². The maximum Gasteiger partial charge on any atom is 0.162 e. The number of hydrogen-bond acceptors (Lipinski definition) is 2. The van der Waals surface area contributed by atoms with E-state index in [0.717, 1.165) is 25.7 Å². The summed E-state index contributed by atoms with van der Waals surface area (Å²) in [5, 5.41) is 6.33. The smallest absolute Gasteiger partial charge is 0.162 e. The predicted molar refractivity (Wildman–Crippen MR) is 61.5 cm³/mol. The van der Waals surface area contributed by atoms with Gasteiger partial charge in [-0.25, -0.2) is 8.78 Å². The lowest BCUT2D eigenvalue weighted by molar-refractivity contribution is 0.496. The molecule has 2 N–H and O–H groups in total. The van der Waals surface area contributed by atoms with Gasteiger partial charge in [-0.3, -0.25) is 0 Å². The molecule has 0 atom stereocenters. The molecule has 1 rings (SSSR count). The normalized spacial score (nSPS) is 10.7. The number of hydrogen-bond donors (Lipinski definition) is 2. The van der Waals surface area contributed by atoms with Gasteiger partial charge in [0.15, 0.2) is 11.6 Å². The van der Waals surface area contributed by atoms with Crippen LogP contribution in [0.25, 0.3) is 0 Å². The van der Waals surface area contributed by atoms with E-state index in [9.17, 15) is 8.78 Å². The molecule has 0 saturated heterocycles. The van der Waals surface area contributed by atoms with Gasteiger partial charge in [0.2, 0.25) is 0 Å². The van der Waals surface area contributed by atoms with Crippen molar-refractivity contribution < 1.29 is 8.78 Å². The highest BCUT2D eigenvalue weighted by Gasteiger charge is 2.06. The Morgan fingerprint density at radius 3 is 2.56 bits per heavy atom. The van der Waals surface area contributed by atoms with Crippen molar-refractivity contribution in [3.8, 4) is 0 Å². The van der Waals surface area contributed by atoms with E-state index in [1.54, 1.807) is 6.07 Å². The van der Waals surface area contributed by atoms with Crippen molar-refractivity contribution in [2.75, 3.05) is 26.2 Å². The summed E-state index contributed by atoms with van der Waals surface area (Å²) in [6.07, 6.45) is 0.510. The molecule has 2 nitrogen and oxygen atoms in total. The van der Waals surface area contributed by atoms with E-state index in [-0.39, 0.29) is 0 Å². The molecule has 0 aliphatic heterocycles. The Labute approximate surface area is 95.1 Å². The Morgan fingerprint density at radius 2 is 1.81 bits per heavy atom. The summed E-state index contributed by atoms with van der Waals surface area (Å²) in [5.74, 6) is -1.50. The van der Waals surface area contributed by atoms with Crippen LogP contribution in [0, 0.1) is 11.6 Å². The number of nitrogens with one attached hydrogen (secondary N) is 2. The third-order valence-electron chi connectivity index (χ3n) is 2.33. The average molecular weight is 228 g/mol. The molecule has 0 unspecified atom stereocenters. The zero-order valence-corrected chi connectivity index (χ0v) is 9.52. The zero-order valence-electron chi connectivity index (χ0n) is 9.52. The molecule has 0 radical (unpaired) electrons. The van der Waals surface area contributed by atoms with Crippen LogP contribution in [0.15, 0.2) is 18.2 Å². The van der Waals surface area contributed by atoms with Crippen LogP contribution in [0.3, 0.4) is 0 Å². The quantitative estimate of drug-likeness (QED) is 0.694. The average Bonchev–Trinajstić information content (AvgIpc) is 2.29. The standard InChI is InChI=1S/C12H18F2N2/c1-2-15-8-9-16-7-6-10-4-3-5-11(13)12(10)14/h3-5,15-16H,2,6-9H2,1H3. The number of halogens is 2. The largest absolute Gasteiger partial charge is 0.316 e. The van der Waals surface area contributed by atoms with Crippen LogP contribution in [0.1, 0.15) is 12.5 Å². The van der Waals surface area contributed by atoms with Gasteiger partial charge in [0.05, 0.1) is 0 Å². The van der Waals surface area contributed by atoms with Crippen LogP contribution in [-0.2, 0) is 6.42 Å². The molecule has 0 aromatic heterocycles. The molecule has 0 spiro atoms. The van der Waals surface area contributed by atoms with Gasteiger partial charge >= 0.3 is 0 Å². The maximum atomic E-state index is 13.2. The van der Waals surface area contributed by atoms with E-state index < -0.39 is 11.6 Å². The Kier molecular flexibility index (Phi) is 5.96. The van der Waals surface area contributed by atoms with E-state index in [2.05, 4.69) is 10.6 Å². The lowest BCUT2D eigenvalue weighted by Crippen LogP contribution is -2.28. The zero-order chi connectivity index (χ0) is 11.8. The third-order valence-corrected chi connectivity index (χ3v) is 2.33. The van der Waals surface area contributed by atoms with Crippen LogP contribution in [0.2, 0.25) is 0 Å². The van der Waals surface area contributed by atoms with Crippen molar-refractivity contribution in [2.45, 2.75) is 13.3 Å². The van der Waals surface area contributed by atoms with Gasteiger partial charge in [-0.15, -0.1) is 0 Å². The fourth-order valence-corrected chi connectivity index (χ4v) is 1.44. The highest BCUT2D eigenvalue weighted by molar-refractivity contribution is 5.19.